The summed E-state index contributed by atoms with van der Waals surface area (Å²) < 4.78 is 0. The minimum Gasteiger partial charge on any atom is -0.345 e. The topological polar surface area (TPSA) is 61.4 Å². The number of H-pyrrole nitrogens is 1. The van der Waals surface area contributed by atoms with Crippen LogP contribution in [-0.4, -0.2) is 21.0 Å². The summed E-state index contributed by atoms with van der Waals surface area (Å²) in [7, 11) is 0. The number of para-hydroxylation sites is 2. The first-order valence-corrected chi connectivity index (χ1v) is 9.95. The Morgan fingerprint density at radius 2 is 1.72 bits per heavy atom. The molecule has 5 rings (SSSR count). The lowest BCUT2D eigenvalue weighted by Gasteiger charge is -2.15. The van der Waals surface area contributed by atoms with Crippen LogP contribution in [0.3, 0.4) is 0 Å². The predicted octanol–water partition coefficient (Wildman–Crippen LogP) is 5.37. The number of amidine groups is 1. The van der Waals surface area contributed by atoms with Gasteiger partial charge in [-0.15, -0.1) is 0 Å². The van der Waals surface area contributed by atoms with Crippen LogP contribution in [0.15, 0.2) is 95.1 Å². The van der Waals surface area contributed by atoms with E-state index in [-0.39, 0.29) is 5.91 Å². The Kier molecular flexibility index (Phi) is 4.46. The van der Waals surface area contributed by atoms with Crippen molar-refractivity contribution in [1.82, 2.24) is 9.97 Å². The maximum Gasteiger partial charge on any atom is 0.271 e. The van der Waals surface area contributed by atoms with Crippen molar-refractivity contribution in [3.05, 3.63) is 95.7 Å². The largest absolute Gasteiger partial charge is 0.345 e. The number of amides is 1. The molecule has 1 amide bonds. The number of fused-ring (bicyclic) bond motifs is 1. The Labute approximate surface area is 171 Å². The quantitative estimate of drug-likeness (QED) is 0.474. The van der Waals surface area contributed by atoms with Crippen molar-refractivity contribution in [3.63, 3.8) is 0 Å². The highest BCUT2D eigenvalue weighted by Crippen LogP contribution is 2.37. The minimum atomic E-state index is -0.0852. The fourth-order valence-corrected chi connectivity index (χ4v) is 4.16. The van der Waals surface area contributed by atoms with Gasteiger partial charge in [0.15, 0.2) is 5.17 Å². The Bertz CT molecular complexity index is 1250. The summed E-state index contributed by atoms with van der Waals surface area (Å²) in [5.41, 5.74) is 4.37. The van der Waals surface area contributed by atoms with Gasteiger partial charge in [-0.25, -0.2) is 9.98 Å². The number of aromatic amines is 1. The third kappa shape index (κ3) is 3.46. The van der Waals surface area contributed by atoms with Crippen LogP contribution >= 0.6 is 11.8 Å². The highest BCUT2D eigenvalue weighted by Gasteiger charge is 2.34. The summed E-state index contributed by atoms with van der Waals surface area (Å²) >= 11 is 1.38. The Morgan fingerprint density at radius 3 is 2.52 bits per heavy atom. The van der Waals surface area contributed by atoms with Crippen LogP contribution in [0.4, 0.5) is 11.4 Å². The van der Waals surface area contributed by atoms with Crippen molar-refractivity contribution in [1.29, 1.82) is 0 Å². The number of rotatable bonds is 3. The van der Waals surface area contributed by atoms with Gasteiger partial charge in [0.2, 0.25) is 0 Å². The summed E-state index contributed by atoms with van der Waals surface area (Å²) in [6, 6.07) is 25.2. The molecule has 1 aliphatic heterocycles. The lowest BCUT2D eigenvalue weighted by Crippen LogP contribution is -2.28. The second-order valence-electron chi connectivity index (χ2n) is 6.50. The lowest BCUT2D eigenvalue weighted by molar-refractivity contribution is -0.113. The van der Waals surface area contributed by atoms with Crippen molar-refractivity contribution in [3.8, 4) is 0 Å². The number of aromatic nitrogens is 2. The minimum absolute atomic E-state index is 0.0852. The van der Waals surface area contributed by atoms with E-state index < -0.39 is 0 Å². The van der Waals surface area contributed by atoms with Gasteiger partial charge < -0.3 is 4.98 Å². The molecule has 1 N–H and O–H groups in total. The monoisotopic (exact) mass is 396 g/mol. The lowest BCUT2D eigenvalue weighted by atomic mass is 10.2. The molecule has 0 unspecified atom stereocenters. The van der Waals surface area contributed by atoms with E-state index in [1.807, 2.05) is 84.9 Å². The van der Waals surface area contributed by atoms with Gasteiger partial charge in [-0.3, -0.25) is 9.69 Å². The van der Waals surface area contributed by atoms with E-state index in [4.69, 9.17) is 4.99 Å². The first-order chi connectivity index (χ1) is 14.3. The maximum absolute atomic E-state index is 13.3. The second kappa shape index (κ2) is 7.41. The molecule has 0 spiro atoms. The molecule has 0 bridgehead atoms. The number of hydrogen-bond donors (Lipinski definition) is 1. The normalized spacial score (nSPS) is 17.0. The van der Waals surface area contributed by atoms with Crippen LogP contribution in [0.2, 0.25) is 0 Å². The molecule has 1 aliphatic rings. The van der Waals surface area contributed by atoms with Gasteiger partial charge in [0.05, 0.1) is 33.6 Å². The number of nitrogens with zero attached hydrogens (tertiary/aromatic N) is 3. The molecule has 0 atom stereocenters. The summed E-state index contributed by atoms with van der Waals surface area (Å²) in [6.07, 6.45) is 3.56. The van der Waals surface area contributed by atoms with Gasteiger partial charge in [0.25, 0.3) is 5.91 Å². The molecule has 4 aromatic rings. The van der Waals surface area contributed by atoms with Gasteiger partial charge in [-0.05, 0) is 59.8 Å². The van der Waals surface area contributed by atoms with E-state index in [2.05, 4.69) is 9.97 Å². The van der Waals surface area contributed by atoms with E-state index in [9.17, 15) is 4.79 Å². The van der Waals surface area contributed by atoms with Crippen LogP contribution in [0, 0.1) is 0 Å². The van der Waals surface area contributed by atoms with Gasteiger partial charge in [-0.2, -0.15) is 0 Å². The molecule has 1 fully saturated rings. The number of aliphatic imine (C=N–C) groups is 1. The van der Waals surface area contributed by atoms with E-state index >= 15 is 0 Å². The zero-order valence-electron chi connectivity index (χ0n) is 15.3. The van der Waals surface area contributed by atoms with Crippen LogP contribution in [0.25, 0.3) is 17.1 Å². The van der Waals surface area contributed by atoms with Gasteiger partial charge in [-0.1, -0.05) is 42.5 Å². The van der Waals surface area contributed by atoms with Crippen LogP contribution in [0.5, 0.6) is 0 Å². The van der Waals surface area contributed by atoms with E-state index in [0.717, 1.165) is 28.0 Å². The second-order valence-corrected chi connectivity index (χ2v) is 7.50. The number of thioether (sulfide) groups is 1. The number of hydrogen-bond acceptors (Lipinski definition) is 4. The van der Waals surface area contributed by atoms with Crippen molar-refractivity contribution in [2.75, 3.05) is 4.90 Å². The molecule has 2 heterocycles. The molecule has 1 saturated heterocycles. The predicted molar refractivity (Wildman–Crippen MR) is 119 cm³/mol. The number of carbonyl (C=O) groups excluding carboxylic acids is 1. The zero-order valence-corrected chi connectivity index (χ0v) is 16.1. The van der Waals surface area contributed by atoms with Crippen LogP contribution in [-0.2, 0) is 4.79 Å². The average Bonchev–Trinajstić information content (AvgIpc) is 3.34. The molecule has 6 heteroatoms. The Balaban J connectivity index is 1.57. The number of anilines is 1. The molecule has 0 aliphatic carbocycles. The van der Waals surface area contributed by atoms with Gasteiger partial charge in [0.1, 0.15) is 0 Å². The number of benzene rings is 3. The van der Waals surface area contributed by atoms with Crippen molar-refractivity contribution < 1.29 is 4.79 Å². The van der Waals surface area contributed by atoms with Gasteiger partial charge >= 0.3 is 0 Å². The third-order valence-electron chi connectivity index (χ3n) is 4.54. The summed E-state index contributed by atoms with van der Waals surface area (Å²) in [6.45, 7) is 0. The molecule has 3 aromatic carbocycles. The summed E-state index contributed by atoms with van der Waals surface area (Å²) in [5.74, 6) is -0.0852. The maximum atomic E-state index is 13.3. The Hall–Kier alpha value is -3.64. The summed E-state index contributed by atoms with van der Waals surface area (Å²) in [5, 5.41) is 0.638. The number of imidazole rings is 1. The highest BCUT2D eigenvalue weighted by atomic mass is 32.2. The fraction of sp³-hybridized carbons (Fsp3) is 0. The standard InChI is InChI=1S/C23H16N4OS/c28-22-21(14-16-11-12-19-20(13-16)25-15-24-19)29-23(26-17-7-3-1-4-8-17)27(22)18-9-5-2-6-10-18/h1-15H,(H,24,25)/b21-14-,26-23-. The van der Waals surface area contributed by atoms with E-state index in [0.29, 0.717) is 10.1 Å². The molecule has 1 aromatic heterocycles. The Morgan fingerprint density at radius 1 is 0.966 bits per heavy atom. The van der Waals surface area contributed by atoms with E-state index in [1.165, 1.54) is 11.8 Å². The smallest absolute Gasteiger partial charge is 0.271 e. The highest BCUT2D eigenvalue weighted by molar-refractivity contribution is 8.19. The third-order valence-corrected chi connectivity index (χ3v) is 5.51. The molecular formula is C23H16N4OS. The van der Waals surface area contributed by atoms with Crippen molar-refractivity contribution >= 4 is 51.3 Å². The summed E-state index contributed by atoms with van der Waals surface area (Å²) in [4.78, 5) is 27.6. The fourth-order valence-electron chi connectivity index (χ4n) is 3.16. The van der Waals surface area contributed by atoms with E-state index in [1.54, 1.807) is 11.2 Å². The molecule has 140 valence electrons. The first-order valence-electron chi connectivity index (χ1n) is 9.14. The molecular weight excluding hydrogens is 380 g/mol. The molecule has 29 heavy (non-hydrogen) atoms. The zero-order chi connectivity index (χ0) is 19.6. The van der Waals surface area contributed by atoms with Crippen LogP contribution in [0.1, 0.15) is 5.56 Å². The SMILES string of the molecule is O=C1/C(=C/c2ccc3[nH]cnc3c2)S/C(=N\c2ccccc2)N1c1ccccc1. The first kappa shape index (κ1) is 17.5. The van der Waals surface area contributed by atoms with Crippen molar-refractivity contribution in [2.45, 2.75) is 0 Å². The number of carbonyl (C=O) groups is 1. The average molecular weight is 396 g/mol. The molecule has 0 saturated carbocycles. The van der Waals surface area contributed by atoms with Crippen molar-refractivity contribution in [2.24, 2.45) is 4.99 Å². The molecule has 5 nitrogen and oxygen atoms in total. The van der Waals surface area contributed by atoms with Gasteiger partial charge in [0, 0.05) is 0 Å². The van der Waals surface area contributed by atoms with Crippen LogP contribution < -0.4 is 4.90 Å². The number of nitrogens with one attached hydrogen (secondary N) is 1. The molecule has 0 radical (unpaired) electrons.